The molecule has 0 radical (unpaired) electrons. The van der Waals surface area contributed by atoms with Crippen LogP contribution in [0.2, 0.25) is 0 Å². The Bertz CT molecular complexity index is 512. The zero-order valence-electron chi connectivity index (χ0n) is 13.4. The van der Waals surface area contributed by atoms with Gasteiger partial charge in [-0.1, -0.05) is 39.8 Å². The van der Waals surface area contributed by atoms with E-state index in [0.29, 0.717) is 0 Å². The van der Waals surface area contributed by atoms with Gasteiger partial charge >= 0.3 is 0 Å². The van der Waals surface area contributed by atoms with E-state index in [0.717, 1.165) is 11.3 Å². The topological polar surface area (TPSA) is 55.1 Å². The van der Waals surface area contributed by atoms with Gasteiger partial charge in [0.25, 0.3) is 0 Å². The summed E-state index contributed by atoms with van der Waals surface area (Å²) in [5, 5.41) is 3.22. The number of carbonyl (C=O) groups excluding carboxylic acids is 1. The lowest BCUT2D eigenvalue weighted by atomic mass is 9.83. The number of hydrogen-bond acceptors (Lipinski definition) is 2. The second kappa shape index (κ2) is 4.24. The Labute approximate surface area is 121 Å². The van der Waals surface area contributed by atoms with Crippen LogP contribution in [0, 0.1) is 10.8 Å². The largest absolute Gasteiger partial charge is 0.399 e. The van der Waals surface area contributed by atoms with Crippen molar-refractivity contribution in [1.29, 1.82) is 0 Å². The van der Waals surface area contributed by atoms with E-state index in [4.69, 9.17) is 5.73 Å². The number of hydrogen-bond donors (Lipinski definition) is 2. The van der Waals surface area contributed by atoms with Crippen LogP contribution in [0.3, 0.4) is 0 Å². The minimum absolute atomic E-state index is 0.0749. The molecule has 1 saturated carbocycles. The Morgan fingerprint density at radius 1 is 1.10 bits per heavy atom. The maximum atomic E-state index is 12.6. The van der Waals surface area contributed by atoms with Gasteiger partial charge in [0.1, 0.15) is 0 Å². The summed E-state index contributed by atoms with van der Waals surface area (Å²) in [6, 6.07) is 7.77. The molecular formula is C17H26N2O. The SMILES string of the molecule is CC(C)(C(=O)NC1C(C)(C)C1(C)C)c1ccc(N)cc1. The van der Waals surface area contributed by atoms with Gasteiger partial charge in [0.2, 0.25) is 5.91 Å². The van der Waals surface area contributed by atoms with Crippen molar-refractivity contribution < 1.29 is 4.79 Å². The Hall–Kier alpha value is -1.51. The number of nitrogen functional groups attached to an aromatic ring is 1. The molecule has 1 fully saturated rings. The number of rotatable bonds is 3. The van der Waals surface area contributed by atoms with Crippen molar-refractivity contribution in [3.8, 4) is 0 Å². The molecule has 0 spiro atoms. The molecule has 1 aromatic rings. The second-order valence-electron chi connectivity index (χ2n) is 7.60. The first-order valence-electron chi connectivity index (χ1n) is 7.18. The van der Waals surface area contributed by atoms with Gasteiger partial charge in [-0.3, -0.25) is 4.79 Å². The predicted octanol–water partition coefficient (Wildman–Crippen LogP) is 3.10. The number of nitrogens with two attached hydrogens (primary N) is 1. The highest BCUT2D eigenvalue weighted by Gasteiger charge is 2.65. The average Bonchev–Trinajstić information content (AvgIpc) is 2.72. The van der Waals surface area contributed by atoms with E-state index in [2.05, 4.69) is 33.0 Å². The van der Waals surface area contributed by atoms with Crippen LogP contribution < -0.4 is 11.1 Å². The van der Waals surface area contributed by atoms with Crippen LogP contribution in [0.25, 0.3) is 0 Å². The summed E-state index contributed by atoms with van der Waals surface area (Å²) in [5.74, 6) is 0.0749. The summed E-state index contributed by atoms with van der Waals surface area (Å²) >= 11 is 0. The lowest BCUT2D eigenvalue weighted by Crippen LogP contribution is -2.42. The molecule has 0 heterocycles. The third-order valence-electron chi connectivity index (χ3n) is 5.50. The number of carbonyl (C=O) groups is 1. The molecular weight excluding hydrogens is 248 g/mol. The van der Waals surface area contributed by atoms with Gasteiger partial charge in [-0.2, -0.15) is 0 Å². The fraction of sp³-hybridized carbons (Fsp3) is 0.588. The van der Waals surface area contributed by atoms with E-state index in [-0.39, 0.29) is 22.8 Å². The fourth-order valence-electron chi connectivity index (χ4n) is 2.90. The van der Waals surface area contributed by atoms with Crippen LogP contribution in [0.1, 0.15) is 47.1 Å². The summed E-state index contributed by atoms with van der Waals surface area (Å²) < 4.78 is 0. The first kappa shape index (κ1) is 14.9. The van der Waals surface area contributed by atoms with Gasteiger partial charge in [-0.05, 0) is 42.4 Å². The van der Waals surface area contributed by atoms with Crippen molar-refractivity contribution in [3.05, 3.63) is 29.8 Å². The van der Waals surface area contributed by atoms with Crippen LogP contribution in [-0.4, -0.2) is 11.9 Å². The summed E-state index contributed by atoms with van der Waals surface area (Å²) in [5.41, 5.74) is 7.16. The smallest absolute Gasteiger partial charge is 0.230 e. The molecule has 0 aliphatic heterocycles. The molecule has 0 atom stereocenters. The van der Waals surface area contributed by atoms with Crippen LogP contribution in [0.5, 0.6) is 0 Å². The molecule has 20 heavy (non-hydrogen) atoms. The van der Waals surface area contributed by atoms with Gasteiger partial charge in [0, 0.05) is 11.7 Å². The highest BCUT2D eigenvalue weighted by molar-refractivity contribution is 5.88. The Morgan fingerprint density at radius 2 is 1.55 bits per heavy atom. The molecule has 1 aromatic carbocycles. The number of amides is 1. The highest BCUT2D eigenvalue weighted by Crippen LogP contribution is 2.62. The average molecular weight is 274 g/mol. The van der Waals surface area contributed by atoms with Gasteiger partial charge in [0.15, 0.2) is 0 Å². The van der Waals surface area contributed by atoms with Crippen molar-refractivity contribution in [2.45, 2.75) is 53.0 Å². The zero-order chi connectivity index (χ0) is 15.3. The first-order chi connectivity index (χ1) is 9.01. The van der Waals surface area contributed by atoms with E-state index < -0.39 is 5.41 Å². The third kappa shape index (κ3) is 2.09. The molecule has 1 amide bonds. The Morgan fingerprint density at radius 3 is 1.95 bits per heavy atom. The molecule has 0 saturated heterocycles. The van der Waals surface area contributed by atoms with Gasteiger partial charge in [0.05, 0.1) is 5.41 Å². The molecule has 3 heteroatoms. The van der Waals surface area contributed by atoms with E-state index in [1.807, 2.05) is 38.1 Å². The second-order valence-corrected chi connectivity index (χ2v) is 7.60. The van der Waals surface area contributed by atoms with Crippen molar-refractivity contribution >= 4 is 11.6 Å². The van der Waals surface area contributed by atoms with E-state index in [1.165, 1.54) is 0 Å². The third-order valence-corrected chi connectivity index (χ3v) is 5.50. The first-order valence-corrected chi connectivity index (χ1v) is 7.18. The molecule has 2 rings (SSSR count). The summed E-state index contributed by atoms with van der Waals surface area (Å²) in [4.78, 5) is 12.6. The lowest BCUT2D eigenvalue weighted by molar-refractivity contribution is -0.126. The maximum Gasteiger partial charge on any atom is 0.230 e. The summed E-state index contributed by atoms with van der Waals surface area (Å²) in [6.07, 6.45) is 0. The molecule has 3 nitrogen and oxygen atoms in total. The molecule has 0 aromatic heterocycles. The maximum absolute atomic E-state index is 12.6. The quantitative estimate of drug-likeness (QED) is 0.832. The van der Waals surface area contributed by atoms with E-state index >= 15 is 0 Å². The standard InChI is InChI=1S/C17H26N2O/c1-15(2,11-7-9-12(18)10-8-11)14(20)19-13-16(3,4)17(13,5)6/h7-10,13H,18H2,1-6H3,(H,19,20). The number of benzene rings is 1. The predicted molar refractivity (Wildman–Crippen MR) is 83.4 cm³/mol. The number of nitrogens with one attached hydrogen (secondary N) is 1. The molecule has 1 aliphatic carbocycles. The Kier molecular flexibility index (Phi) is 3.16. The summed E-state index contributed by atoms with van der Waals surface area (Å²) in [7, 11) is 0. The van der Waals surface area contributed by atoms with Crippen LogP contribution in [-0.2, 0) is 10.2 Å². The van der Waals surface area contributed by atoms with Crippen LogP contribution in [0.15, 0.2) is 24.3 Å². The van der Waals surface area contributed by atoms with Gasteiger partial charge < -0.3 is 11.1 Å². The van der Waals surface area contributed by atoms with Crippen molar-refractivity contribution in [2.24, 2.45) is 10.8 Å². The molecule has 1 aliphatic rings. The van der Waals surface area contributed by atoms with E-state index in [1.54, 1.807) is 0 Å². The van der Waals surface area contributed by atoms with Crippen molar-refractivity contribution in [2.75, 3.05) is 5.73 Å². The highest BCUT2D eigenvalue weighted by atomic mass is 16.2. The molecule has 3 N–H and O–H groups in total. The number of anilines is 1. The van der Waals surface area contributed by atoms with E-state index in [9.17, 15) is 4.79 Å². The van der Waals surface area contributed by atoms with Crippen molar-refractivity contribution in [3.63, 3.8) is 0 Å². The van der Waals surface area contributed by atoms with Crippen LogP contribution in [0.4, 0.5) is 5.69 Å². The van der Waals surface area contributed by atoms with Gasteiger partial charge in [-0.15, -0.1) is 0 Å². The minimum atomic E-state index is -0.553. The Balaban J connectivity index is 2.15. The normalized spacial score (nSPS) is 20.5. The monoisotopic (exact) mass is 274 g/mol. The zero-order valence-corrected chi connectivity index (χ0v) is 13.4. The van der Waals surface area contributed by atoms with Crippen molar-refractivity contribution in [1.82, 2.24) is 5.32 Å². The fourth-order valence-corrected chi connectivity index (χ4v) is 2.90. The van der Waals surface area contributed by atoms with Crippen LogP contribution >= 0.6 is 0 Å². The minimum Gasteiger partial charge on any atom is -0.399 e. The van der Waals surface area contributed by atoms with Gasteiger partial charge in [-0.25, -0.2) is 0 Å². The molecule has 110 valence electrons. The lowest BCUT2D eigenvalue weighted by Gasteiger charge is -2.25. The molecule has 0 unspecified atom stereocenters. The summed E-state index contributed by atoms with van der Waals surface area (Å²) in [6.45, 7) is 12.7. The molecule has 0 bridgehead atoms.